The second-order valence-corrected chi connectivity index (χ2v) is 4.12. The predicted octanol–water partition coefficient (Wildman–Crippen LogP) is 2.63. The van der Waals surface area contributed by atoms with E-state index in [0.29, 0.717) is 13.0 Å². The van der Waals surface area contributed by atoms with Gasteiger partial charge in [-0.25, -0.2) is 8.78 Å². The van der Waals surface area contributed by atoms with E-state index in [2.05, 4.69) is 11.4 Å². The van der Waals surface area contributed by atoms with Gasteiger partial charge in [-0.2, -0.15) is 5.26 Å². The van der Waals surface area contributed by atoms with Crippen LogP contribution in [0.25, 0.3) is 0 Å². The van der Waals surface area contributed by atoms with E-state index in [-0.39, 0.29) is 6.61 Å². The van der Waals surface area contributed by atoms with Gasteiger partial charge < -0.3 is 4.74 Å². The molecule has 1 rings (SSSR count). The zero-order chi connectivity index (χ0) is 13.6. The Morgan fingerprint density at radius 2 is 2.00 bits per heavy atom. The molecule has 0 aromatic heterocycles. The molecule has 1 N–H and O–H groups in total. The first-order valence-corrected chi connectivity index (χ1v) is 5.75. The molecule has 0 saturated carbocycles. The molecule has 98 valence electrons. The molecule has 1 aromatic carbocycles. The maximum Gasteiger partial charge on any atom is 0.190 e. The van der Waals surface area contributed by atoms with Gasteiger partial charge in [-0.3, -0.25) is 5.32 Å². The third kappa shape index (κ3) is 3.67. The van der Waals surface area contributed by atoms with Crippen LogP contribution in [0.2, 0.25) is 0 Å². The average molecular weight is 254 g/mol. The average Bonchev–Trinajstić information content (AvgIpc) is 2.33. The molecule has 0 bridgehead atoms. The second-order valence-electron chi connectivity index (χ2n) is 4.12. The lowest BCUT2D eigenvalue weighted by Gasteiger charge is -2.22. The summed E-state index contributed by atoms with van der Waals surface area (Å²) in [7, 11) is 0. The van der Waals surface area contributed by atoms with Crippen LogP contribution in [0.4, 0.5) is 8.78 Å². The molecule has 0 spiro atoms. The van der Waals surface area contributed by atoms with Crippen molar-refractivity contribution in [2.45, 2.75) is 25.8 Å². The van der Waals surface area contributed by atoms with Gasteiger partial charge in [-0.15, -0.1) is 0 Å². The van der Waals surface area contributed by atoms with E-state index in [1.54, 1.807) is 6.92 Å². The highest BCUT2D eigenvalue weighted by Gasteiger charge is 2.22. The number of hydrogen-bond acceptors (Lipinski definition) is 3. The van der Waals surface area contributed by atoms with Crippen molar-refractivity contribution in [1.82, 2.24) is 5.32 Å². The summed E-state index contributed by atoms with van der Waals surface area (Å²) in [6, 6.07) is 5.65. The van der Waals surface area contributed by atoms with Crippen molar-refractivity contribution in [3.05, 3.63) is 29.8 Å². The number of benzene rings is 1. The summed E-state index contributed by atoms with van der Waals surface area (Å²) in [6.45, 7) is 4.30. The Labute approximate surface area is 105 Å². The van der Waals surface area contributed by atoms with Gasteiger partial charge in [-0.1, -0.05) is 13.0 Å². The number of nitrogens with zero attached hydrogens (tertiary/aromatic N) is 1. The Kier molecular flexibility index (Phi) is 5.05. The van der Waals surface area contributed by atoms with Crippen LogP contribution in [0.5, 0.6) is 5.75 Å². The Balaban J connectivity index is 2.59. The van der Waals surface area contributed by atoms with Gasteiger partial charge in [0.1, 0.15) is 5.54 Å². The fourth-order valence-corrected chi connectivity index (χ4v) is 1.55. The van der Waals surface area contributed by atoms with Gasteiger partial charge in [0.2, 0.25) is 0 Å². The van der Waals surface area contributed by atoms with E-state index in [1.807, 2.05) is 6.92 Å². The van der Waals surface area contributed by atoms with Crippen LogP contribution in [-0.2, 0) is 0 Å². The zero-order valence-corrected chi connectivity index (χ0v) is 10.5. The van der Waals surface area contributed by atoms with Crippen LogP contribution < -0.4 is 10.1 Å². The summed E-state index contributed by atoms with van der Waals surface area (Å²) < 4.78 is 31.6. The molecule has 0 heterocycles. The van der Waals surface area contributed by atoms with E-state index < -0.39 is 22.9 Å². The van der Waals surface area contributed by atoms with Gasteiger partial charge in [0, 0.05) is 6.42 Å². The SMILES string of the molecule is CCNC(C)(C#N)CCOc1c(F)cccc1F. The number of nitriles is 1. The molecule has 18 heavy (non-hydrogen) atoms. The molecule has 0 amide bonds. The Morgan fingerprint density at radius 1 is 1.39 bits per heavy atom. The third-order valence-corrected chi connectivity index (χ3v) is 2.58. The highest BCUT2D eigenvalue weighted by molar-refractivity contribution is 5.26. The van der Waals surface area contributed by atoms with E-state index >= 15 is 0 Å². The van der Waals surface area contributed by atoms with Gasteiger partial charge in [0.15, 0.2) is 17.4 Å². The Morgan fingerprint density at radius 3 is 2.50 bits per heavy atom. The van der Waals surface area contributed by atoms with Crippen molar-refractivity contribution in [2.24, 2.45) is 0 Å². The molecule has 1 aromatic rings. The third-order valence-electron chi connectivity index (χ3n) is 2.58. The first-order chi connectivity index (χ1) is 8.52. The summed E-state index contributed by atoms with van der Waals surface area (Å²) in [5.74, 6) is -1.87. The fraction of sp³-hybridized carbons (Fsp3) is 0.462. The van der Waals surface area contributed by atoms with E-state index in [1.165, 1.54) is 6.07 Å². The van der Waals surface area contributed by atoms with E-state index in [0.717, 1.165) is 12.1 Å². The van der Waals surface area contributed by atoms with Crippen molar-refractivity contribution >= 4 is 0 Å². The number of ether oxygens (including phenoxy) is 1. The van der Waals surface area contributed by atoms with Crippen LogP contribution in [0, 0.1) is 23.0 Å². The fourth-order valence-electron chi connectivity index (χ4n) is 1.55. The van der Waals surface area contributed by atoms with Crippen molar-refractivity contribution in [3.63, 3.8) is 0 Å². The largest absolute Gasteiger partial charge is 0.488 e. The standard InChI is InChI=1S/C13H16F2N2O/c1-3-17-13(2,9-16)7-8-18-12-10(14)5-4-6-11(12)15/h4-6,17H,3,7-8H2,1-2H3. The monoisotopic (exact) mass is 254 g/mol. The summed E-state index contributed by atoms with van der Waals surface area (Å²) in [4.78, 5) is 0. The summed E-state index contributed by atoms with van der Waals surface area (Å²) in [6.07, 6.45) is 0.338. The second kappa shape index (κ2) is 6.31. The van der Waals surface area contributed by atoms with Crippen LogP contribution in [0.3, 0.4) is 0 Å². The molecule has 0 aliphatic carbocycles. The zero-order valence-electron chi connectivity index (χ0n) is 10.5. The van der Waals surface area contributed by atoms with E-state index in [4.69, 9.17) is 10.00 Å². The minimum atomic E-state index is -0.753. The lowest BCUT2D eigenvalue weighted by molar-refractivity contribution is 0.248. The minimum absolute atomic E-state index is 0.0644. The molecule has 5 heteroatoms. The Bertz CT molecular complexity index is 425. The molecule has 1 atom stereocenters. The number of para-hydroxylation sites is 1. The maximum atomic E-state index is 13.3. The van der Waals surface area contributed by atoms with Crippen molar-refractivity contribution in [1.29, 1.82) is 5.26 Å². The van der Waals surface area contributed by atoms with Crippen molar-refractivity contribution in [2.75, 3.05) is 13.2 Å². The smallest absolute Gasteiger partial charge is 0.190 e. The summed E-state index contributed by atoms with van der Waals surface area (Å²) in [5.41, 5.74) is -0.753. The topological polar surface area (TPSA) is 45.0 Å². The number of nitrogens with one attached hydrogen (secondary N) is 1. The van der Waals surface area contributed by atoms with Gasteiger partial charge in [0.05, 0.1) is 12.7 Å². The van der Waals surface area contributed by atoms with Crippen LogP contribution in [0.15, 0.2) is 18.2 Å². The first kappa shape index (κ1) is 14.4. The Hall–Kier alpha value is -1.67. The number of halogens is 2. The normalized spacial score (nSPS) is 13.7. The molecular formula is C13H16F2N2O. The summed E-state index contributed by atoms with van der Waals surface area (Å²) >= 11 is 0. The maximum absolute atomic E-state index is 13.3. The van der Waals surface area contributed by atoms with E-state index in [9.17, 15) is 8.78 Å². The molecule has 3 nitrogen and oxygen atoms in total. The van der Waals surface area contributed by atoms with Crippen LogP contribution in [0.1, 0.15) is 20.3 Å². The quantitative estimate of drug-likeness (QED) is 0.848. The highest BCUT2D eigenvalue weighted by atomic mass is 19.1. The van der Waals surface area contributed by atoms with Gasteiger partial charge >= 0.3 is 0 Å². The lowest BCUT2D eigenvalue weighted by atomic mass is 10.0. The van der Waals surface area contributed by atoms with Crippen molar-refractivity contribution in [3.8, 4) is 11.8 Å². The van der Waals surface area contributed by atoms with Crippen LogP contribution in [-0.4, -0.2) is 18.7 Å². The highest BCUT2D eigenvalue weighted by Crippen LogP contribution is 2.21. The number of rotatable bonds is 6. The molecule has 0 aliphatic heterocycles. The first-order valence-electron chi connectivity index (χ1n) is 5.75. The predicted molar refractivity (Wildman–Crippen MR) is 64.2 cm³/mol. The minimum Gasteiger partial charge on any atom is -0.488 e. The van der Waals surface area contributed by atoms with Gasteiger partial charge in [-0.05, 0) is 25.6 Å². The molecule has 1 unspecified atom stereocenters. The van der Waals surface area contributed by atoms with Gasteiger partial charge in [0.25, 0.3) is 0 Å². The number of hydrogen-bond donors (Lipinski definition) is 1. The molecular weight excluding hydrogens is 238 g/mol. The van der Waals surface area contributed by atoms with Crippen LogP contribution >= 0.6 is 0 Å². The molecule has 0 radical (unpaired) electrons. The lowest BCUT2D eigenvalue weighted by Crippen LogP contribution is -2.42. The summed E-state index contributed by atoms with van der Waals surface area (Å²) in [5, 5.41) is 12.0. The molecule has 0 aliphatic rings. The molecule has 0 saturated heterocycles. The van der Waals surface area contributed by atoms with Crippen molar-refractivity contribution < 1.29 is 13.5 Å². The molecule has 0 fully saturated rings.